The maximum Gasteiger partial charge on any atom is 0.215 e. The van der Waals surface area contributed by atoms with Crippen molar-refractivity contribution < 1.29 is 9.53 Å². The third kappa shape index (κ3) is 3.67. The molecule has 4 rings (SSSR count). The summed E-state index contributed by atoms with van der Waals surface area (Å²) in [5, 5.41) is 15.1. The Labute approximate surface area is 170 Å². The minimum absolute atomic E-state index is 0.137. The average Bonchev–Trinajstić information content (AvgIpc) is 3.24. The van der Waals surface area contributed by atoms with Gasteiger partial charge in [-0.15, -0.1) is 15.0 Å². The quantitative estimate of drug-likeness (QED) is 0.606. The van der Waals surface area contributed by atoms with Crippen LogP contribution < -0.4 is 10.1 Å². The number of nitrogens with zero attached hydrogens (tertiary/aromatic N) is 5. The highest BCUT2D eigenvalue weighted by Gasteiger charge is 2.45. The van der Waals surface area contributed by atoms with Crippen LogP contribution in [0.4, 0.5) is 0 Å². The van der Waals surface area contributed by atoms with Crippen LogP contribution in [0.5, 0.6) is 5.88 Å². The summed E-state index contributed by atoms with van der Waals surface area (Å²) < 4.78 is 7.08. The summed E-state index contributed by atoms with van der Waals surface area (Å²) in [5.41, 5.74) is -0.0302. The molecule has 3 heterocycles. The third-order valence-electron chi connectivity index (χ3n) is 4.84. The number of carbonyl (C=O) groups is 1. The molecule has 1 aromatic carbocycles. The summed E-state index contributed by atoms with van der Waals surface area (Å²) in [6.45, 7) is 2.49. The van der Waals surface area contributed by atoms with E-state index in [1.807, 2.05) is 18.2 Å². The molecular weight excluding hydrogens is 424 g/mol. The number of nitrogens with one attached hydrogen (secondary N) is 1. The number of ketones is 1. The lowest BCUT2D eigenvalue weighted by Crippen LogP contribution is -2.58. The van der Waals surface area contributed by atoms with Gasteiger partial charge in [-0.2, -0.15) is 0 Å². The van der Waals surface area contributed by atoms with Crippen molar-refractivity contribution in [2.75, 3.05) is 6.54 Å². The first-order chi connectivity index (χ1) is 13.6. The van der Waals surface area contributed by atoms with Crippen molar-refractivity contribution in [2.24, 2.45) is 0 Å². The number of Topliss-reactive ketones (excluding diaryl/α,β-unsaturated/α-hetero) is 1. The summed E-state index contributed by atoms with van der Waals surface area (Å²) in [4.78, 5) is 19.4. The van der Waals surface area contributed by atoms with E-state index in [1.165, 1.54) is 11.1 Å². The molecule has 0 amide bonds. The summed E-state index contributed by atoms with van der Waals surface area (Å²) >= 11 is 3.43. The number of carbonyl (C=O) groups excluding carboxylic acids is 1. The van der Waals surface area contributed by atoms with Gasteiger partial charge in [0.25, 0.3) is 0 Å². The van der Waals surface area contributed by atoms with Gasteiger partial charge in [0.2, 0.25) is 11.7 Å². The first-order valence-electron chi connectivity index (χ1n) is 8.98. The number of rotatable bonds is 5. The van der Waals surface area contributed by atoms with Gasteiger partial charge in [0.05, 0.1) is 5.69 Å². The number of halogens is 1. The smallest absolute Gasteiger partial charge is 0.215 e. The number of tetrazole rings is 1. The highest BCUT2D eigenvalue weighted by molar-refractivity contribution is 9.10. The molecule has 1 aliphatic heterocycles. The number of ether oxygens (including phenoxy) is 1. The Balaban J connectivity index is 1.74. The van der Waals surface area contributed by atoms with Gasteiger partial charge in [0.15, 0.2) is 11.9 Å². The van der Waals surface area contributed by atoms with Gasteiger partial charge in [-0.1, -0.05) is 28.1 Å². The number of hydrogen-bond donors (Lipinski definition) is 1. The summed E-state index contributed by atoms with van der Waals surface area (Å²) in [5.74, 6) is 0.261. The molecule has 0 bridgehead atoms. The van der Waals surface area contributed by atoms with Gasteiger partial charge in [-0.3, -0.25) is 4.79 Å². The van der Waals surface area contributed by atoms with E-state index in [0.29, 0.717) is 36.1 Å². The molecule has 2 atom stereocenters. The van der Waals surface area contributed by atoms with Gasteiger partial charge in [-0.05, 0) is 43.2 Å². The Kier molecular flexibility index (Phi) is 5.19. The van der Waals surface area contributed by atoms with E-state index in [1.54, 1.807) is 24.4 Å². The van der Waals surface area contributed by atoms with E-state index >= 15 is 0 Å². The fraction of sp³-hybridized carbons (Fsp3) is 0.316. The molecule has 0 aliphatic carbocycles. The number of para-hydroxylation sites is 1. The maximum absolute atomic E-state index is 13.7. The molecule has 1 N–H and O–H groups in total. The van der Waals surface area contributed by atoms with Gasteiger partial charge < -0.3 is 10.1 Å². The zero-order valence-electron chi connectivity index (χ0n) is 15.2. The van der Waals surface area contributed by atoms with Crippen LogP contribution in [0.1, 0.15) is 30.1 Å². The fourth-order valence-corrected chi connectivity index (χ4v) is 3.62. The molecule has 3 aromatic rings. The third-order valence-corrected chi connectivity index (χ3v) is 5.33. The van der Waals surface area contributed by atoms with Crippen LogP contribution >= 0.6 is 15.9 Å². The zero-order chi connectivity index (χ0) is 19.6. The molecule has 0 radical (unpaired) electrons. The highest BCUT2D eigenvalue weighted by atomic mass is 79.9. The molecule has 2 aromatic heterocycles. The molecule has 0 unspecified atom stereocenters. The second kappa shape index (κ2) is 7.76. The number of benzene rings is 1. The van der Waals surface area contributed by atoms with Crippen molar-refractivity contribution in [1.29, 1.82) is 0 Å². The largest absolute Gasteiger partial charge is 0.461 e. The van der Waals surface area contributed by atoms with E-state index in [-0.39, 0.29) is 5.78 Å². The lowest BCUT2D eigenvalue weighted by molar-refractivity contribution is 0.0264. The molecule has 8 nitrogen and oxygen atoms in total. The standard InChI is InChI=1S/C19H19BrN6O2/c1-13-6-8-19(11-22-13,28-17-10-14(20)7-9-21-17)18(27)15-4-2-3-5-16(15)26-24-12-23-25-26/h2-5,7,9-10,12-13,22H,6,8,11H2,1H3/t13-,19-/m1/s1. The molecular formula is C19H19BrN6O2. The molecule has 0 spiro atoms. The minimum atomic E-state index is -1.07. The maximum atomic E-state index is 13.7. The van der Waals surface area contributed by atoms with Crippen LogP contribution in [0.15, 0.2) is 53.4 Å². The molecule has 9 heteroatoms. The van der Waals surface area contributed by atoms with E-state index in [2.05, 4.69) is 48.6 Å². The molecule has 144 valence electrons. The van der Waals surface area contributed by atoms with E-state index < -0.39 is 5.60 Å². The molecule has 28 heavy (non-hydrogen) atoms. The lowest BCUT2D eigenvalue weighted by Gasteiger charge is -2.38. The van der Waals surface area contributed by atoms with Crippen molar-refractivity contribution in [3.8, 4) is 11.6 Å². The van der Waals surface area contributed by atoms with Gasteiger partial charge in [0, 0.05) is 34.9 Å². The number of piperidine rings is 1. The molecule has 1 saturated heterocycles. The van der Waals surface area contributed by atoms with Crippen molar-refractivity contribution in [3.63, 3.8) is 0 Å². The Bertz CT molecular complexity index is 970. The van der Waals surface area contributed by atoms with Crippen LogP contribution in [0, 0.1) is 0 Å². The van der Waals surface area contributed by atoms with Crippen LogP contribution in [-0.4, -0.2) is 49.2 Å². The monoisotopic (exact) mass is 442 g/mol. The predicted octanol–water partition coefficient (Wildman–Crippen LogP) is 2.59. The Morgan fingerprint density at radius 3 is 2.93 bits per heavy atom. The lowest BCUT2D eigenvalue weighted by atomic mass is 9.83. The Morgan fingerprint density at radius 1 is 1.36 bits per heavy atom. The second-order valence-electron chi connectivity index (χ2n) is 6.80. The van der Waals surface area contributed by atoms with Gasteiger partial charge in [-0.25, -0.2) is 4.98 Å². The van der Waals surface area contributed by atoms with Crippen LogP contribution in [0.2, 0.25) is 0 Å². The molecule has 1 aliphatic rings. The van der Waals surface area contributed by atoms with Crippen LogP contribution in [0.25, 0.3) is 5.69 Å². The number of aromatic nitrogens is 5. The predicted molar refractivity (Wildman–Crippen MR) is 105 cm³/mol. The minimum Gasteiger partial charge on any atom is -0.461 e. The van der Waals surface area contributed by atoms with E-state index in [9.17, 15) is 4.79 Å². The second-order valence-corrected chi connectivity index (χ2v) is 7.72. The van der Waals surface area contributed by atoms with E-state index in [4.69, 9.17) is 4.74 Å². The average molecular weight is 443 g/mol. The van der Waals surface area contributed by atoms with Crippen LogP contribution in [-0.2, 0) is 0 Å². The SMILES string of the molecule is C[C@@H]1CC[C@](Oc2cc(Br)ccn2)(C(=O)c2ccccc2-n2ncnn2)CN1. The summed E-state index contributed by atoms with van der Waals surface area (Å²) in [6, 6.07) is 11.1. The summed E-state index contributed by atoms with van der Waals surface area (Å²) in [7, 11) is 0. The van der Waals surface area contributed by atoms with Crippen molar-refractivity contribution in [3.05, 3.63) is 59.0 Å². The van der Waals surface area contributed by atoms with Gasteiger partial charge in [0.1, 0.15) is 0 Å². The van der Waals surface area contributed by atoms with E-state index in [0.717, 1.165) is 10.9 Å². The van der Waals surface area contributed by atoms with Crippen molar-refractivity contribution in [1.82, 2.24) is 30.5 Å². The normalized spacial score (nSPS) is 22.0. The summed E-state index contributed by atoms with van der Waals surface area (Å²) in [6.07, 6.45) is 4.36. The molecule has 1 fully saturated rings. The Morgan fingerprint density at radius 2 is 2.21 bits per heavy atom. The van der Waals surface area contributed by atoms with Gasteiger partial charge >= 0.3 is 0 Å². The first kappa shape index (κ1) is 18.7. The zero-order valence-corrected chi connectivity index (χ0v) is 16.8. The van der Waals surface area contributed by atoms with Crippen molar-refractivity contribution in [2.45, 2.75) is 31.4 Å². The topological polar surface area (TPSA) is 94.8 Å². The fourth-order valence-electron chi connectivity index (χ4n) is 3.31. The highest BCUT2D eigenvalue weighted by Crippen LogP contribution is 2.31. The first-order valence-corrected chi connectivity index (χ1v) is 9.78. The molecule has 0 saturated carbocycles. The number of hydrogen-bond acceptors (Lipinski definition) is 7. The van der Waals surface area contributed by atoms with Crippen LogP contribution in [0.3, 0.4) is 0 Å². The number of pyridine rings is 1. The Hall–Kier alpha value is -2.65. The van der Waals surface area contributed by atoms with Crippen molar-refractivity contribution >= 4 is 21.7 Å².